The highest BCUT2D eigenvalue weighted by atomic mass is 15.1. The Morgan fingerprint density at radius 2 is 2.21 bits per heavy atom. The van der Waals surface area contributed by atoms with Gasteiger partial charge in [0.1, 0.15) is 0 Å². The van der Waals surface area contributed by atoms with Gasteiger partial charge in [0.15, 0.2) is 0 Å². The van der Waals surface area contributed by atoms with Crippen molar-refractivity contribution in [3.05, 3.63) is 30.4 Å². The molecule has 2 heterocycles. The van der Waals surface area contributed by atoms with Crippen LogP contribution in [0.25, 0.3) is 0 Å². The number of imidazole rings is 1. The van der Waals surface area contributed by atoms with Crippen molar-refractivity contribution < 1.29 is 0 Å². The van der Waals surface area contributed by atoms with Crippen molar-refractivity contribution in [2.45, 2.75) is 51.0 Å². The van der Waals surface area contributed by atoms with Gasteiger partial charge in [-0.1, -0.05) is 19.1 Å². The average Bonchev–Trinajstić information content (AvgIpc) is 2.90. The van der Waals surface area contributed by atoms with Gasteiger partial charge in [0.25, 0.3) is 0 Å². The molecule has 0 saturated carbocycles. The second kappa shape index (κ2) is 5.49. The summed E-state index contributed by atoms with van der Waals surface area (Å²) < 4.78 is 2.43. The molecule has 1 atom stereocenters. The maximum atomic E-state index is 4.43. The first-order valence-electron chi connectivity index (χ1n) is 7.64. The standard InChI is InChI=1S/C16H25N3/c1-16(7-9-17-10-8-16)15-11-18-13-19(15)12-14-5-3-2-4-6-14/h2-3,11,13-14,17H,4-10,12H2,1H3. The number of nitrogens with one attached hydrogen (secondary N) is 1. The van der Waals surface area contributed by atoms with Crippen LogP contribution in [0, 0.1) is 5.92 Å². The summed E-state index contributed by atoms with van der Waals surface area (Å²) in [6, 6.07) is 0. The fourth-order valence-electron chi connectivity index (χ4n) is 3.50. The van der Waals surface area contributed by atoms with Crippen LogP contribution in [0.1, 0.15) is 44.7 Å². The van der Waals surface area contributed by atoms with Crippen molar-refractivity contribution in [3.8, 4) is 0 Å². The van der Waals surface area contributed by atoms with E-state index in [1.807, 2.05) is 6.33 Å². The smallest absolute Gasteiger partial charge is 0.0948 e. The van der Waals surface area contributed by atoms with Crippen LogP contribution < -0.4 is 5.32 Å². The monoisotopic (exact) mass is 259 g/mol. The van der Waals surface area contributed by atoms with Gasteiger partial charge in [0.2, 0.25) is 0 Å². The lowest BCUT2D eigenvalue weighted by atomic mass is 9.78. The first-order chi connectivity index (χ1) is 9.28. The number of hydrogen-bond donors (Lipinski definition) is 1. The minimum absolute atomic E-state index is 0.312. The molecule has 1 aliphatic carbocycles. The van der Waals surface area contributed by atoms with E-state index in [4.69, 9.17) is 0 Å². The number of rotatable bonds is 3. The van der Waals surface area contributed by atoms with Gasteiger partial charge in [-0.05, 0) is 51.1 Å². The number of nitrogens with zero attached hydrogens (tertiary/aromatic N) is 2. The van der Waals surface area contributed by atoms with Crippen LogP contribution in [-0.2, 0) is 12.0 Å². The van der Waals surface area contributed by atoms with Gasteiger partial charge in [-0.2, -0.15) is 0 Å². The Bertz CT molecular complexity index is 441. The molecular weight excluding hydrogens is 234 g/mol. The second-order valence-corrected chi connectivity index (χ2v) is 6.39. The number of hydrogen-bond acceptors (Lipinski definition) is 2. The van der Waals surface area contributed by atoms with E-state index >= 15 is 0 Å². The lowest BCUT2D eigenvalue weighted by molar-refractivity contribution is 0.305. The fourth-order valence-corrected chi connectivity index (χ4v) is 3.50. The van der Waals surface area contributed by atoms with E-state index in [1.165, 1.54) is 37.8 Å². The molecule has 1 unspecified atom stereocenters. The third-order valence-electron chi connectivity index (χ3n) is 4.87. The molecule has 0 bridgehead atoms. The second-order valence-electron chi connectivity index (χ2n) is 6.39. The SMILES string of the molecule is CC1(c2cncn2CC2CC=CCC2)CCNCC1. The molecule has 1 aromatic rings. The zero-order chi connectivity index (χ0) is 13.1. The predicted octanol–water partition coefficient (Wildman–Crippen LogP) is 2.88. The maximum absolute atomic E-state index is 4.43. The normalized spacial score (nSPS) is 26.5. The lowest BCUT2D eigenvalue weighted by Gasteiger charge is -2.35. The van der Waals surface area contributed by atoms with Crippen LogP contribution in [-0.4, -0.2) is 22.6 Å². The zero-order valence-corrected chi connectivity index (χ0v) is 11.9. The summed E-state index contributed by atoms with van der Waals surface area (Å²) in [6.45, 7) is 5.81. The van der Waals surface area contributed by atoms with Gasteiger partial charge in [0.05, 0.1) is 6.33 Å². The highest BCUT2D eigenvalue weighted by molar-refractivity contribution is 5.15. The molecule has 1 fully saturated rings. The number of piperidine rings is 1. The Hall–Kier alpha value is -1.09. The maximum Gasteiger partial charge on any atom is 0.0948 e. The highest BCUT2D eigenvalue weighted by Gasteiger charge is 2.31. The summed E-state index contributed by atoms with van der Waals surface area (Å²) in [7, 11) is 0. The predicted molar refractivity (Wildman–Crippen MR) is 78.2 cm³/mol. The van der Waals surface area contributed by atoms with E-state index in [9.17, 15) is 0 Å². The van der Waals surface area contributed by atoms with Gasteiger partial charge in [0, 0.05) is 23.9 Å². The summed E-state index contributed by atoms with van der Waals surface area (Å²) in [5.41, 5.74) is 1.76. The molecular formula is C16H25N3. The molecule has 0 amide bonds. The van der Waals surface area contributed by atoms with Crippen LogP contribution in [0.3, 0.4) is 0 Å². The van der Waals surface area contributed by atoms with E-state index < -0.39 is 0 Å². The van der Waals surface area contributed by atoms with Crippen molar-refractivity contribution in [2.24, 2.45) is 5.92 Å². The Morgan fingerprint density at radius 1 is 1.37 bits per heavy atom. The van der Waals surface area contributed by atoms with Gasteiger partial charge < -0.3 is 9.88 Å². The molecule has 2 aliphatic rings. The van der Waals surface area contributed by atoms with Crippen molar-refractivity contribution >= 4 is 0 Å². The van der Waals surface area contributed by atoms with E-state index in [2.05, 4.69) is 40.1 Å². The molecule has 0 spiro atoms. The third kappa shape index (κ3) is 2.76. The van der Waals surface area contributed by atoms with Crippen molar-refractivity contribution in [2.75, 3.05) is 13.1 Å². The topological polar surface area (TPSA) is 29.9 Å². The number of allylic oxidation sites excluding steroid dienone is 2. The largest absolute Gasteiger partial charge is 0.334 e. The van der Waals surface area contributed by atoms with Crippen LogP contribution in [0.4, 0.5) is 0 Å². The van der Waals surface area contributed by atoms with Gasteiger partial charge in [-0.3, -0.25) is 0 Å². The Balaban J connectivity index is 1.75. The molecule has 3 rings (SSSR count). The first-order valence-corrected chi connectivity index (χ1v) is 7.64. The fraction of sp³-hybridized carbons (Fsp3) is 0.688. The Kier molecular flexibility index (Phi) is 3.74. The summed E-state index contributed by atoms with van der Waals surface area (Å²) in [6.07, 6.45) is 15.1. The molecule has 19 heavy (non-hydrogen) atoms. The molecule has 3 nitrogen and oxygen atoms in total. The Labute approximate surface area is 116 Å². The quantitative estimate of drug-likeness (QED) is 0.846. The van der Waals surface area contributed by atoms with E-state index in [0.717, 1.165) is 25.6 Å². The van der Waals surface area contributed by atoms with E-state index in [1.54, 1.807) is 0 Å². The molecule has 1 aliphatic heterocycles. The molecule has 0 radical (unpaired) electrons. The molecule has 1 saturated heterocycles. The average molecular weight is 259 g/mol. The summed E-state index contributed by atoms with van der Waals surface area (Å²) in [5.74, 6) is 0.795. The first kappa shape index (κ1) is 12.9. The summed E-state index contributed by atoms with van der Waals surface area (Å²) in [4.78, 5) is 4.43. The summed E-state index contributed by atoms with van der Waals surface area (Å²) >= 11 is 0. The van der Waals surface area contributed by atoms with Crippen LogP contribution in [0.5, 0.6) is 0 Å². The highest BCUT2D eigenvalue weighted by Crippen LogP contribution is 2.33. The van der Waals surface area contributed by atoms with Gasteiger partial charge in [-0.15, -0.1) is 0 Å². The molecule has 3 heteroatoms. The third-order valence-corrected chi connectivity index (χ3v) is 4.87. The van der Waals surface area contributed by atoms with Crippen LogP contribution in [0.15, 0.2) is 24.7 Å². The van der Waals surface area contributed by atoms with Crippen LogP contribution >= 0.6 is 0 Å². The summed E-state index contributed by atoms with van der Waals surface area (Å²) in [5, 5.41) is 3.46. The van der Waals surface area contributed by atoms with Gasteiger partial charge >= 0.3 is 0 Å². The van der Waals surface area contributed by atoms with Crippen molar-refractivity contribution in [1.29, 1.82) is 0 Å². The van der Waals surface area contributed by atoms with Crippen LogP contribution in [0.2, 0.25) is 0 Å². The molecule has 0 aromatic carbocycles. The van der Waals surface area contributed by atoms with Crippen molar-refractivity contribution in [3.63, 3.8) is 0 Å². The van der Waals surface area contributed by atoms with E-state index in [-0.39, 0.29) is 0 Å². The zero-order valence-electron chi connectivity index (χ0n) is 11.9. The minimum atomic E-state index is 0.312. The van der Waals surface area contributed by atoms with Gasteiger partial charge in [-0.25, -0.2) is 4.98 Å². The lowest BCUT2D eigenvalue weighted by Crippen LogP contribution is -2.39. The molecule has 1 aromatic heterocycles. The minimum Gasteiger partial charge on any atom is -0.334 e. The molecule has 1 N–H and O–H groups in total. The van der Waals surface area contributed by atoms with E-state index in [0.29, 0.717) is 5.41 Å². The van der Waals surface area contributed by atoms with Crippen molar-refractivity contribution in [1.82, 2.24) is 14.9 Å². The Morgan fingerprint density at radius 3 is 2.95 bits per heavy atom. The number of aromatic nitrogens is 2. The molecule has 104 valence electrons.